The molecule has 10 nitrogen and oxygen atoms in total. The first kappa shape index (κ1) is 13.6. The fourth-order valence-electron chi connectivity index (χ4n) is 2.13. The average molecular weight is 291 g/mol. The van der Waals surface area contributed by atoms with E-state index in [2.05, 4.69) is 35.8 Å². The Kier molecular flexibility index (Phi) is 4.17. The quantitative estimate of drug-likeness (QED) is 0.496. The molecule has 1 aliphatic heterocycles. The summed E-state index contributed by atoms with van der Waals surface area (Å²) in [7, 11) is 0. The molecule has 21 heavy (non-hydrogen) atoms. The van der Waals surface area contributed by atoms with Crippen molar-refractivity contribution in [1.29, 1.82) is 0 Å². The minimum Gasteiger partial charge on any atom is -0.381 e. The molecule has 0 radical (unpaired) electrons. The molecule has 1 atom stereocenters. The molecule has 3 heterocycles. The summed E-state index contributed by atoms with van der Waals surface area (Å²) in [5.74, 6) is 6.89. The van der Waals surface area contributed by atoms with Crippen LogP contribution in [-0.2, 0) is 4.74 Å². The van der Waals surface area contributed by atoms with E-state index in [0.29, 0.717) is 17.8 Å². The third kappa shape index (κ3) is 3.41. The zero-order valence-electron chi connectivity index (χ0n) is 11.4. The molecular formula is C11H17N9O. The maximum absolute atomic E-state index is 5.45. The molecular weight excluding hydrogens is 274 g/mol. The number of hydrazine groups is 1. The van der Waals surface area contributed by atoms with Gasteiger partial charge in [0.15, 0.2) is 0 Å². The Morgan fingerprint density at radius 1 is 1.33 bits per heavy atom. The van der Waals surface area contributed by atoms with Gasteiger partial charge in [0.05, 0.1) is 6.61 Å². The van der Waals surface area contributed by atoms with E-state index < -0.39 is 0 Å². The molecule has 0 bridgehead atoms. The van der Waals surface area contributed by atoms with Crippen LogP contribution in [0.5, 0.6) is 0 Å². The number of ether oxygens (including phenoxy) is 1. The Morgan fingerprint density at radius 3 is 2.95 bits per heavy atom. The molecule has 0 aliphatic carbocycles. The van der Waals surface area contributed by atoms with E-state index in [9.17, 15) is 0 Å². The van der Waals surface area contributed by atoms with Crippen LogP contribution in [0.1, 0.15) is 12.8 Å². The van der Waals surface area contributed by atoms with Gasteiger partial charge in [0.2, 0.25) is 11.9 Å². The first-order valence-electron chi connectivity index (χ1n) is 6.74. The smallest absolute Gasteiger partial charge is 0.258 e. The average Bonchev–Trinajstić information content (AvgIpc) is 3.08. The highest BCUT2D eigenvalue weighted by atomic mass is 16.5. The number of aromatic nitrogens is 6. The lowest BCUT2D eigenvalue weighted by atomic mass is 10.0. The van der Waals surface area contributed by atoms with Crippen molar-refractivity contribution in [1.82, 2.24) is 29.7 Å². The molecule has 112 valence electrons. The van der Waals surface area contributed by atoms with Crippen LogP contribution in [0.3, 0.4) is 0 Å². The summed E-state index contributed by atoms with van der Waals surface area (Å²) in [5.41, 5.74) is 2.42. The highest BCUT2D eigenvalue weighted by Gasteiger charge is 2.15. The lowest BCUT2D eigenvalue weighted by molar-refractivity contribution is 0.0594. The van der Waals surface area contributed by atoms with Crippen LogP contribution in [0.25, 0.3) is 5.95 Å². The van der Waals surface area contributed by atoms with E-state index in [-0.39, 0.29) is 5.95 Å². The SMILES string of the molecule is NNc1nc(NCC2CCCOC2)nc(-n2cncn2)n1. The van der Waals surface area contributed by atoms with E-state index in [1.807, 2.05) is 0 Å². The Labute approximate surface area is 121 Å². The van der Waals surface area contributed by atoms with Crippen molar-refractivity contribution in [3.63, 3.8) is 0 Å². The number of nitrogen functional groups attached to an aromatic ring is 1. The standard InChI is InChI=1S/C11H17N9O/c12-19-10-16-9(14-4-8-2-1-3-21-5-8)17-11(18-10)20-7-13-6-15-20/h6-8H,1-5,12H2,(H2,14,16,17,18,19). The van der Waals surface area contributed by atoms with E-state index >= 15 is 0 Å². The van der Waals surface area contributed by atoms with Gasteiger partial charge in [-0.1, -0.05) is 0 Å². The Balaban J connectivity index is 1.73. The highest BCUT2D eigenvalue weighted by molar-refractivity contribution is 5.36. The number of rotatable bonds is 5. The van der Waals surface area contributed by atoms with Crippen molar-refractivity contribution in [3.8, 4) is 5.95 Å². The van der Waals surface area contributed by atoms with E-state index in [0.717, 1.165) is 32.6 Å². The molecule has 1 saturated heterocycles. The molecule has 4 N–H and O–H groups in total. The Bertz CT molecular complexity index is 567. The molecule has 0 amide bonds. The first-order valence-corrected chi connectivity index (χ1v) is 6.74. The van der Waals surface area contributed by atoms with Crippen molar-refractivity contribution < 1.29 is 4.74 Å². The predicted molar refractivity (Wildman–Crippen MR) is 74.6 cm³/mol. The van der Waals surface area contributed by atoms with Crippen LogP contribution in [0.4, 0.5) is 11.9 Å². The molecule has 2 aromatic rings. The second kappa shape index (κ2) is 6.41. The molecule has 1 unspecified atom stereocenters. The fraction of sp³-hybridized carbons (Fsp3) is 0.545. The van der Waals surface area contributed by atoms with Crippen LogP contribution in [0.2, 0.25) is 0 Å². The molecule has 2 aromatic heterocycles. The van der Waals surface area contributed by atoms with Gasteiger partial charge in [-0.25, -0.2) is 10.8 Å². The van der Waals surface area contributed by atoms with Crippen LogP contribution in [0.15, 0.2) is 12.7 Å². The summed E-state index contributed by atoms with van der Waals surface area (Å²) in [5, 5.41) is 7.18. The van der Waals surface area contributed by atoms with Gasteiger partial charge in [0, 0.05) is 13.2 Å². The Hall–Kier alpha value is -2.33. The van der Waals surface area contributed by atoms with Gasteiger partial charge in [-0.2, -0.15) is 24.7 Å². The monoisotopic (exact) mass is 291 g/mol. The fourth-order valence-corrected chi connectivity index (χ4v) is 2.13. The topological polar surface area (TPSA) is 129 Å². The van der Waals surface area contributed by atoms with Gasteiger partial charge in [-0.3, -0.25) is 5.43 Å². The summed E-state index contributed by atoms with van der Waals surface area (Å²) < 4.78 is 6.89. The first-order chi connectivity index (χ1) is 10.3. The zero-order valence-corrected chi connectivity index (χ0v) is 11.4. The number of nitrogens with two attached hydrogens (primary N) is 1. The molecule has 0 aromatic carbocycles. The van der Waals surface area contributed by atoms with Crippen LogP contribution >= 0.6 is 0 Å². The van der Waals surface area contributed by atoms with Gasteiger partial charge in [0.1, 0.15) is 12.7 Å². The molecule has 1 fully saturated rings. The van der Waals surface area contributed by atoms with E-state index in [1.165, 1.54) is 17.3 Å². The van der Waals surface area contributed by atoms with Crippen molar-refractivity contribution in [2.45, 2.75) is 12.8 Å². The number of anilines is 2. The normalized spacial score (nSPS) is 18.4. The minimum atomic E-state index is 0.262. The van der Waals surface area contributed by atoms with E-state index in [4.69, 9.17) is 10.6 Å². The zero-order chi connectivity index (χ0) is 14.5. The third-order valence-electron chi connectivity index (χ3n) is 3.18. The lowest BCUT2D eigenvalue weighted by Crippen LogP contribution is -2.25. The van der Waals surface area contributed by atoms with Crippen LogP contribution in [-0.4, -0.2) is 49.5 Å². The summed E-state index contributed by atoms with van der Waals surface area (Å²) >= 11 is 0. The minimum absolute atomic E-state index is 0.262. The number of nitrogens with one attached hydrogen (secondary N) is 2. The molecule has 0 saturated carbocycles. The third-order valence-corrected chi connectivity index (χ3v) is 3.18. The van der Waals surface area contributed by atoms with Gasteiger partial charge >= 0.3 is 0 Å². The van der Waals surface area contributed by atoms with Crippen LogP contribution in [0, 0.1) is 5.92 Å². The molecule has 1 aliphatic rings. The summed E-state index contributed by atoms with van der Waals surface area (Å²) in [4.78, 5) is 16.5. The maximum Gasteiger partial charge on any atom is 0.258 e. The Morgan fingerprint density at radius 2 is 2.24 bits per heavy atom. The van der Waals surface area contributed by atoms with Gasteiger partial charge in [0.25, 0.3) is 5.95 Å². The highest BCUT2D eigenvalue weighted by Crippen LogP contribution is 2.14. The van der Waals surface area contributed by atoms with Crippen molar-refractivity contribution in [3.05, 3.63) is 12.7 Å². The number of hydrogen-bond donors (Lipinski definition) is 3. The van der Waals surface area contributed by atoms with Gasteiger partial charge in [-0.05, 0) is 18.8 Å². The summed E-state index contributed by atoms with van der Waals surface area (Å²) in [6.45, 7) is 2.35. The van der Waals surface area contributed by atoms with Crippen molar-refractivity contribution >= 4 is 11.9 Å². The van der Waals surface area contributed by atoms with E-state index in [1.54, 1.807) is 0 Å². The van der Waals surface area contributed by atoms with Crippen molar-refractivity contribution in [2.75, 3.05) is 30.5 Å². The maximum atomic E-state index is 5.45. The molecule has 3 rings (SSSR count). The van der Waals surface area contributed by atoms with Crippen molar-refractivity contribution in [2.24, 2.45) is 11.8 Å². The van der Waals surface area contributed by atoms with Gasteiger partial charge < -0.3 is 10.1 Å². The van der Waals surface area contributed by atoms with Crippen LogP contribution < -0.4 is 16.6 Å². The summed E-state index contributed by atoms with van der Waals surface area (Å²) in [6, 6.07) is 0. The molecule has 10 heteroatoms. The van der Waals surface area contributed by atoms with Gasteiger partial charge in [-0.15, -0.1) is 0 Å². The number of hydrogen-bond acceptors (Lipinski definition) is 9. The second-order valence-electron chi connectivity index (χ2n) is 4.73. The lowest BCUT2D eigenvalue weighted by Gasteiger charge is -2.22. The summed E-state index contributed by atoms with van der Waals surface area (Å²) in [6.07, 6.45) is 5.14. The largest absolute Gasteiger partial charge is 0.381 e. The molecule has 0 spiro atoms. The second-order valence-corrected chi connectivity index (χ2v) is 4.73. The predicted octanol–water partition coefficient (Wildman–Crippen LogP) is -0.424. The number of nitrogens with zero attached hydrogens (tertiary/aromatic N) is 6.